The van der Waals surface area contributed by atoms with Crippen molar-refractivity contribution < 1.29 is 0 Å². The first-order chi connectivity index (χ1) is 7.10. The van der Waals surface area contributed by atoms with Gasteiger partial charge in [0.15, 0.2) is 0 Å². The van der Waals surface area contributed by atoms with Gasteiger partial charge in [0.2, 0.25) is 0 Å². The number of nitrogens with zero attached hydrogens (tertiary/aromatic N) is 1. The smallest absolute Gasteiger partial charge is 0.0642 e. The Hall–Kier alpha value is -0.210. The van der Waals surface area contributed by atoms with Crippen molar-refractivity contribution in [3.8, 4) is 0 Å². The molecule has 0 N–H and O–H groups in total. The lowest BCUT2D eigenvalue weighted by Gasteiger charge is -2.27. The third kappa shape index (κ3) is 3.12. The summed E-state index contributed by atoms with van der Waals surface area (Å²) >= 11 is 9.67. The van der Waals surface area contributed by atoms with Crippen LogP contribution in [0.5, 0.6) is 0 Å². The van der Waals surface area contributed by atoms with E-state index in [9.17, 15) is 0 Å². The summed E-state index contributed by atoms with van der Waals surface area (Å²) in [5.74, 6) is 0. The topological polar surface area (TPSA) is 3.24 Å². The summed E-state index contributed by atoms with van der Waals surface area (Å²) in [6.07, 6.45) is 1.12. The Morgan fingerprint density at radius 2 is 2.13 bits per heavy atom. The third-order valence-electron chi connectivity index (χ3n) is 2.80. The van der Waals surface area contributed by atoms with Crippen LogP contribution in [0.15, 0.2) is 18.2 Å². The van der Waals surface area contributed by atoms with Crippen LogP contribution in [0.1, 0.15) is 25.8 Å². The zero-order valence-corrected chi connectivity index (χ0v) is 11.8. The van der Waals surface area contributed by atoms with Crippen molar-refractivity contribution in [2.75, 3.05) is 11.9 Å². The molecule has 3 heteroatoms. The summed E-state index contributed by atoms with van der Waals surface area (Å²) in [6, 6.07) is 6.72. The van der Waals surface area contributed by atoms with Crippen molar-refractivity contribution in [1.29, 1.82) is 0 Å². The molecule has 1 rings (SSSR count). The minimum atomic E-state index is 0.511. The van der Waals surface area contributed by atoms with E-state index >= 15 is 0 Å². The molecule has 0 spiro atoms. The Kier molecular flexibility index (Phi) is 4.94. The average molecular weight is 291 g/mol. The largest absolute Gasteiger partial charge is 0.371 e. The predicted octanol–water partition coefficient (Wildman–Crippen LogP) is 4.47. The summed E-state index contributed by atoms with van der Waals surface area (Å²) < 4.78 is 0. The SMILES string of the molecule is CCC(C)N(C)c1ccc(CBr)cc1Cl. The monoisotopic (exact) mass is 289 g/mol. The van der Waals surface area contributed by atoms with Gasteiger partial charge in [0.1, 0.15) is 0 Å². The third-order valence-corrected chi connectivity index (χ3v) is 3.75. The highest BCUT2D eigenvalue weighted by Gasteiger charge is 2.11. The maximum absolute atomic E-state index is 6.24. The van der Waals surface area contributed by atoms with Gasteiger partial charge in [0.05, 0.1) is 10.7 Å². The molecule has 0 saturated carbocycles. The van der Waals surface area contributed by atoms with E-state index in [1.807, 2.05) is 6.07 Å². The molecule has 0 aliphatic carbocycles. The van der Waals surface area contributed by atoms with Crippen LogP contribution in [-0.4, -0.2) is 13.1 Å². The summed E-state index contributed by atoms with van der Waals surface area (Å²) in [6.45, 7) is 4.39. The number of hydrogen-bond acceptors (Lipinski definition) is 1. The van der Waals surface area contributed by atoms with Crippen LogP contribution in [0.25, 0.3) is 0 Å². The Balaban J connectivity index is 2.95. The number of anilines is 1. The molecule has 0 amide bonds. The van der Waals surface area contributed by atoms with Crippen LogP contribution in [0.4, 0.5) is 5.69 Å². The molecule has 0 aliphatic heterocycles. The molecule has 0 saturated heterocycles. The molecule has 0 aromatic heterocycles. The number of benzene rings is 1. The number of halogens is 2. The molecule has 0 bridgehead atoms. The maximum Gasteiger partial charge on any atom is 0.0642 e. The average Bonchev–Trinajstić information content (AvgIpc) is 2.26. The Morgan fingerprint density at radius 3 is 2.60 bits per heavy atom. The van der Waals surface area contributed by atoms with E-state index in [1.165, 1.54) is 5.56 Å². The van der Waals surface area contributed by atoms with Crippen LogP contribution in [0.2, 0.25) is 5.02 Å². The Bertz CT molecular complexity index is 327. The molecule has 1 unspecified atom stereocenters. The summed E-state index contributed by atoms with van der Waals surface area (Å²) in [5.41, 5.74) is 2.32. The highest BCUT2D eigenvalue weighted by molar-refractivity contribution is 9.08. The molecule has 1 atom stereocenters. The lowest BCUT2D eigenvalue weighted by molar-refractivity contribution is 0.664. The predicted molar refractivity (Wildman–Crippen MR) is 72.2 cm³/mol. The molecule has 0 radical (unpaired) electrons. The van der Waals surface area contributed by atoms with E-state index in [1.54, 1.807) is 0 Å². The first-order valence-corrected chi connectivity index (χ1v) is 6.67. The molecule has 0 heterocycles. The van der Waals surface area contributed by atoms with Crippen LogP contribution in [-0.2, 0) is 5.33 Å². The lowest BCUT2D eigenvalue weighted by Crippen LogP contribution is -2.28. The van der Waals surface area contributed by atoms with E-state index < -0.39 is 0 Å². The van der Waals surface area contributed by atoms with Gasteiger partial charge in [-0.2, -0.15) is 0 Å². The van der Waals surface area contributed by atoms with Gasteiger partial charge >= 0.3 is 0 Å². The summed E-state index contributed by atoms with van der Waals surface area (Å²) in [4.78, 5) is 2.22. The van der Waals surface area contributed by atoms with Gasteiger partial charge in [-0.05, 0) is 31.0 Å². The minimum absolute atomic E-state index is 0.511. The fourth-order valence-electron chi connectivity index (χ4n) is 1.43. The first kappa shape index (κ1) is 12.9. The molecule has 1 aromatic rings. The van der Waals surface area contributed by atoms with E-state index in [0.717, 1.165) is 22.5 Å². The van der Waals surface area contributed by atoms with E-state index in [-0.39, 0.29) is 0 Å². The number of alkyl halides is 1. The van der Waals surface area contributed by atoms with Crippen LogP contribution < -0.4 is 4.90 Å². The first-order valence-electron chi connectivity index (χ1n) is 5.17. The minimum Gasteiger partial charge on any atom is -0.371 e. The van der Waals surface area contributed by atoms with E-state index in [2.05, 4.69) is 53.9 Å². The molecular weight excluding hydrogens is 273 g/mol. The fraction of sp³-hybridized carbons (Fsp3) is 0.500. The van der Waals surface area contributed by atoms with Gasteiger partial charge < -0.3 is 4.90 Å². The molecule has 15 heavy (non-hydrogen) atoms. The molecule has 0 fully saturated rings. The van der Waals surface area contributed by atoms with E-state index in [4.69, 9.17) is 11.6 Å². The van der Waals surface area contributed by atoms with E-state index in [0.29, 0.717) is 6.04 Å². The van der Waals surface area contributed by atoms with Gasteiger partial charge in [-0.25, -0.2) is 0 Å². The van der Waals surface area contributed by atoms with Crippen molar-refractivity contribution in [2.45, 2.75) is 31.6 Å². The van der Waals surface area contributed by atoms with Crippen LogP contribution in [0.3, 0.4) is 0 Å². The van der Waals surface area contributed by atoms with Gasteiger partial charge in [-0.1, -0.05) is 40.5 Å². The van der Waals surface area contributed by atoms with Crippen molar-refractivity contribution in [3.05, 3.63) is 28.8 Å². The van der Waals surface area contributed by atoms with Gasteiger partial charge in [-0.15, -0.1) is 0 Å². The van der Waals surface area contributed by atoms with Crippen molar-refractivity contribution >= 4 is 33.2 Å². The molecular formula is C12H17BrClN. The highest BCUT2D eigenvalue weighted by atomic mass is 79.9. The summed E-state index contributed by atoms with van der Waals surface area (Å²) in [7, 11) is 2.09. The molecule has 1 aromatic carbocycles. The zero-order valence-electron chi connectivity index (χ0n) is 9.43. The number of hydrogen-bond donors (Lipinski definition) is 0. The normalized spacial score (nSPS) is 12.6. The highest BCUT2D eigenvalue weighted by Crippen LogP contribution is 2.28. The Labute approximate surface area is 106 Å². The second-order valence-electron chi connectivity index (χ2n) is 3.79. The maximum atomic E-state index is 6.24. The van der Waals surface area contributed by atoms with Crippen molar-refractivity contribution in [3.63, 3.8) is 0 Å². The molecule has 0 aliphatic rings. The van der Waals surface area contributed by atoms with Crippen LogP contribution in [0, 0.1) is 0 Å². The van der Waals surface area contributed by atoms with Crippen molar-refractivity contribution in [2.24, 2.45) is 0 Å². The summed E-state index contributed by atoms with van der Waals surface area (Å²) in [5, 5.41) is 1.68. The molecule has 84 valence electrons. The second kappa shape index (κ2) is 5.76. The quantitative estimate of drug-likeness (QED) is 0.740. The van der Waals surface area contributed by atoms with Crippen LogP contribution >= 0.6 is 27.5 Å². The van der Waals surface area contributed by atoms with Gasteiger partial charge in [0, 0.05) is 18.4 Å². The fourth-order valence-corrected chi connectivity index (χ4v) is 2.12. The van der Waals surface area contributed by atoms with Crippen molar-refractivity contribution in [1.82, 2.24) is 0 Å². The second-order valence-corrected chi connectivity index (χ2v) is 4.76. The Morgan fingerprint density at radius 1 is 1.47 bits per heavy atom. The van der Waals surface area contributed by atoms with Gasteiger partial charge in [-0.3, -0.25) is 0 Å². The zero-order chi connectivity index (χ0) is 11.4. The lowest BCUT2D eigenvalue weighted by atomic mass is 10.1. The van der Waals surface area contributed by atoms with Gasteiger partial charge in [0.25, 0.3) is 0 Å². The molecule has 1 nitrogen and oxygen atoms in total. The number of rotatable bonds is 4. The standard InChI is InChI=1S/C12H17BrClN/c1-4-9(2)15(3)12-6-5-10(8-13)7-11(12)14/h5-7,9H,4,8H2,1-3H3.